The van der Waals surface area contributed by atoms with E-state index in [1.54, 1.807) is 6.92 Å². The molecule has 4 N–H and O–H groups in total. The number of hydrogen-bond acceptors (Lipinski definition) is 5. The van der Waals surface area contributed by atoms with Crippen LogP contribution in [0.25, 0.3) is 0 Å². The first kappa shape index (κ1) is 14.1. The van der Waals surface area contributed by atoms with E-state index in [9.17, 15) is 8.42 Å². The second kappa shape index (κ2) is 6.59. The molecule has 7 nitrogen and oxygen atoms in total. The number of oxime groups is 1. The summed E-state index contributed by atoms with van der Waals surface area (Å²) in [4.78, 5) is 0. The first-order valence-electron chi connectivity index (χ1n) is 4.36. The smallest absolute Gasteiger partial charge is 0.214 e. The van der Waals surface area contributed by atoms with E-state index in [1.807, 2.05) is 0 Å². The first-order chi connectivity index (χ1) is 6.91. The third kappa shape index (κ3) is 7.11. The summed E-state index contributed by atoms with van der Waals surface area (Å²) in [6.07, 6.45) is 0.155. The molecule has 0 saturated heterocycles. The molecule has 0 spiro atoms. The Labute approximate surface area is 89.3 Å². The van der Waals surface area contributed by atoms with Crippen LogP contribution in [0.1, 0.15) is 13.3 Å². The molecule has 0 amide bonds. The third-order valence-electron chi connectivity index (χ3n) is 1.58. The number of amidine groups is 1. The van der Waals surface area contributed by atoms with E-state index < -0.39 is 16.1 Å². The van der Waals surface area contributed by atoms with Crippen molar-refractivity contribution in [3.05, 3.63) is 0 Å². The normalized spacial score (nSPS) is 15.2. The molecule has 1 unspecified atom stereocenters. The van der Waals surface area contributed by atoms with E-state index in [0.717, 1.165) is 0 Å². The summed E-state index contributed by atoms with van der Waals surface area (Å²) < 4.78 is 29.7. The Morgan fingerprint density at radius 1 is 1.67 bits per heavy atom. The maximum Gasteiger partial charge on any atom is 0.214 e. The van der Waals surface area contributed by atoms with Gasteiger partial charge in [-0.1, -0.05) is 5.16 Å². The van der Waals surface area contributed by atoms with Gasteiger partial charge in [-0.3, -0.25) is 0 Å². The molecule has 0 aromatic carbocycles. The van der Waals surface area contributed by atoms with Crippen molar-refractivity contribution < 1.29 is 18.4 Å². The lowest BCUT2D eigenvalue weighted by Gasteiger charge is -2.12. The Kier molecular flexibility index (Phi) is 6.21. The van der Waals surface area contributed by atoms with Crippen molar-refractivity contribution in [3.8, 4) is 0 Å². The van der Waals surface area contributed by atoms with E-state index in [-0.39, 0.29) is 24.6 Å². The zero-order chi connectivity index (χ0) is 11.9. The molecule has 0 aromatic rings. The van der Waals surface area contributed by atoms with Crippen LogP contribution in [0.2, 0.25) is 0 Å². The molecular weight excluding hydrogens is 222 g/mol. The average Bonchev–Trinajstić information content (AvgIpc) is 2.13. The lowest BCUT2D eigenvalue weighted by atomic mass is 10.2. The molecule has 0 radical (unpaired) electrons. The van der Waals surface area contributed by atoms with Crippen molar-refractivity contribution in [2.45, 2.75) is 19.4 Å². The van der Waals surface area contributed by atoms with E-state index in [0.29, 0.717) is 0 Å². The molecule has 1 atom stereocenters. The van der Waals surface area contributed by atoms with Gasteiger partial charge in [-0.05, 0) is 6.92 Å². The SMILES string of the molecule is COCCS(=O)(=O)NC(C)CC(N)=NO. The highest BCUT2D eigenvalue weighted by atomic mass is 32.2. The van der Waals surface area contributed by atoms with Gasteiger partial charge in [-0.15, -0.1) is 0 Å². The Bertz CT molecular complexity index is 301. The number of methoxy groups -OCH3 is 1. The van der Waals surface area contributed by atoms with E-state index in [2.05, 4.69) is 14.6 Å². The number of hydrogen-bond donors (Lipinski definition) is 3. The van der Waals surface area contributed by atoms with Gasteiger partial charge in [0.1, 0.15) is 5.84 Å². The third-order valence-corrected chi connectivity index (χ3v) is 3.05. The van der Waals surface area contributed by atoms with Crippen LogP contribution in [-0.4, -0.2) is 45.0 Å². The highest BCUT2D eigenvalue weighted by Gasteiger charge is 2.14. The number of nitrogens with two attached hydrogens (primary N) is 1. The van der Waals surface area contributed by atoms with E-state index in [1.165, 1.54) is 7.11 Å². The minimum Gasteiger partial charge on any atom is -0.409 e. The van der Waals surface area contributed by atoms with E-state index in [4.69, 9.17) is 10.9 Å². The predicted octanol–water partition coefficient (Wildman–Crippen LogP) is -0.923. The molecule has 0 heterocycles. The second-order valence-corrected chi connectivity index (χ2v) is 5.00. The fraction of sp³-hybridized carbons (Fsp3) is 0.857. The van der Waals surface area contributed by atoms with Gasteiger partial charge in [0.2, 0.25) is 10.0 Å². The minimum atomic E-state index is -3.36. The summed E-state index contributed by atoms with van der Waals surface area (Å²) in [6, 6.07) is -0.414. The fourth-order valence-corrected chi connectivity index (χ4v) is 2.16. The van der Waals surface area contributed by atoms with Crippen LogP contribution in [0.15, 0.2) is 5.16 Å². The fourth-order valence-electron chi connectivity index (χ4n) is 0.955. The van der Waals surface area contributed by atoms with Crippen LogP contribution < -0.4 is 10.5 Å². The first-order valence-corrected chi connectivity index (χ1v) is 6.02. The largest absolute Gasteiger partial charge is 0.409 e. The molecule has 0 saturated carbocycles. The van der Waals surface area contributed by atoms with E-state index >= 15 is 0 Å². The van der Waals surface area contributed by atoms with Crippen LogP contribution in [0, 0.1) is 0 Å². The molecule has 0 aliphatic carbocycles. The summed E-state index contributed by atoms with van der Waals surface area (Å²) in [6.45, 7) is 1.76. The molecule has 0 bridgehead atoms. The molecule has 8 heteroatoms. The Hall–Kier alpha value is -0.860. The van der Waals surface area contributed by atoms with Crippen molar-refractivity contribution in [1.29, 1.82) is 0 Å². The molecule has 15 heavy (non-hydrogen) atoms. The number of ether oxygens (including phenoxy) is 1. The summed E-state index contributed by atoms with van der Waals surface area (Å²) in [5.41, 5.74) is 5.23. The van der Waals surface area contributed by atoms with Gasteiger partial charge in [-0.2, -0.15) is 0 Å². The van der Waals surface area contributed by atoms with Gasteiger partial charge in [0.05, 0.1) is 12.4 Å². The zero-order valence-corrected chi connectivity index (χ0v) is 9.62. The molecule has 0 rings (SSSR count). The lowest BCUT2D eigenvalue weighted by molar-refractivity contribution is 0.216. The topological polar surface area (TPSA) is 114 Å². The lowest BCUT2D eigenvalue weighted by Crippen LogP contribution is -2.37. The van der Waals surface area contributed by atoms with Crippen molar-refractivity contribution >= 4 is 15.9 Å². The van der Waals surface area contributed by atoms with Gasteiger partial charge in [0.25, 0.3) is 0 Å². The Morgan fingerprint density at radius 3 is 2.73 bits per heavy atom. The van der Waals surface area contributed by atoms with Crippen molar-refractivity contribution in [1.82, 2.24) is 4.72 Å². The van der Waals surface area contributed by atoms with Crippen molar-refractivity contribution in [2.24, 2.45) is 10.9 Å². The highest BCUT2D eigenvalue weighted by molar-refractivity contribution is 7.89. The second-order valence-electron chi connectivity index (χ2n) is 3.13. The maximum absolute atomic E-state index is 11.3. The number of sulfonamides is 1. The molecule has 0 fully saturated rings. The molecule has 0 aromatic heterocycles. The maximum atomic E-state index is 11.3. The summed E-state index contributed by atoms with van der Waals surface area (Å²) in [7, 11) is -1.94. The molecule has 90 valence electrons. The standard InChI is InChI=1S/C7H17N3O4S/c1-6(5-7(8)9-11)10-15(12,13)4-3-14-2/h6,10-11H,3-5H2,1-2H3,(H2,8,9). The van der Waals surface area contributed by atoms with Crippen LogP contribution in [0.3, 0.4) is 0 Å². The summed E-state index contributed by atoms with van der Waals surface area (Å²) in [5, 5.41) is 11.0. The average molecular weight is 239 g/mol. The van der Waals surface area contributed by atoms with Gasteiger partial charge in [0.15, 0.2) is 0 Å². The zero-order valence-electron chi connectivity index (χ0n) is 8.80. The molecular formula is C7H17N3O4S. The van der Waals surface area contributed by atoms with Crippen LogP contribution in [0.4, 0.5) is 0 Å². The number of rotatable bonds is 7. The van der Waals surface area contributed by atoms with Gasteiger partial charge >= 0.3 is 0 Å². The highest BCUT2D eigenvalue weighted by Crippen LogP contribution is 1.95. The van der Waals surface area contributed by atoms with Crippen molar-refractivity contribution in [2.75, 3.05) is 19.5 Å². The van der Waals surface area contributed by atoms with Gasteiger partial charge in [-0.25, -0.2) is 13.1 Å². The van der Waals surface area contributed by atoms with Crippen molar-refractivity contribution in [3.63, 3.8) is 0 Å². The summed E-state index contributed by atoms with van der Waals surface area (Å²) in [5.74, 6) is -0.124. The number of nitrogens with one attached hydrogen (secondary N) is 1. The monoisotopic (exact) mass is 239 g/mol. The number of nitrogens with zero attached hydrogens (tertiary/aromatic N) is 1. The summed E-state index contributed by atoms with van der Waals surface area (Å²) >= 11 is 0. The van der Waals surface area contributed by atoms with Crippen LogP contribution >= 0.6 is 0 Å². The van der Waals surface area contributed by atoms with Gasteiger partial charge < -0.3 is 15.7 Å². The Morgan fingerprint density at radius 2 is 2.27 bits per heavy atom. The molecule has 0 aliphatic heterocycles. The predicted molar refractivity (Wildman–Crippen MR) is 56.3 cm³/mol. The minimum absolute atomic E-state index is 0.0167. The van der Waals surface area contributed by atoms with Crippen LogP contribution in [0.5, 0.6) is 0 Å². The van der Waals surface area contributed by atoms with Gasteiger partial charge in [0, 0.05) is 19.6 Å². The quantitative estimate of drug-likeness (QED) is 0.230. The van der Waals surface area contributed by atoms with Crippen LogP contribution in [-0.2, 0) is 14.8 Å². The Balaban J connectivity index is 4.10. The molecule has 0 aliphatic rings.